The maximum Gasteiger partial charge on any atom is 0.115 e. The lowest BCUT2D eigenvalue weighted by molar-refractivity contribution is -0.100. The summed E-state index contributed by atoms with van der Waals surface area (Å²) in [5.74, 6) is 0. The van der Waals surface area contributed by atoms with Crippen LogP contribution in [0.3, 0.4) is 0 Å². The van der Waals surface area contributed by atoms with Gasteiger partial charge < -0.3 is 24.1 Å². The van der Waals surface area contributed by atoms with Crippen LogP contribution in [0, 0.1) is 0 Å². The Morgan fingerprint density at radius 2 is 2.14 bits per heavy atom. The van der Waals surface area contributed by atoms with E-state index in [2.05, 4.69) is 0 Å². The molecule has 4 atom stereocenters. The molecular formula is C9H18O5. The Morgan fingerprint density at radius 1 is 1.43 bits per heavy atom. The molecule has 1 aliphatic heterocycles. The van der Waals surface area contributed by atoms with Gasteiger partial charge in [0.1, 0.15) is 24.4 Å². The Hall–Kier alpha value is -0.200. The molecule has 14 heavy (non-hydrogen) atoms. The highest BCUT2D eigenvalue weighted by atomic mass is 16.6. The molecule has 0 aromatic carbocycles. The lowest BCUT2D eigenvalue weighted by atomic mass is 10.1. The fraction of sp³-hybridized carbons (Fsp3) is 1.00. The van der Waals surface area contributed by atoms with E-state index in [0.29, 0.717) is 6.61 Å². The molecule has 0 spiro atoms. The van der Waals surface area contributed by atoms with Crippen molar-refractivity contribution in [2.24, 2.45) is 0 Å². The van der Waals surface area contributed by atoms with E-state index in [1.165, 1.54) is 0 Å². The molecule has 1 fully saturated rings. The van der Waals surface area contributed by atoms with Gasteiger partial charge in [0.15, 0.2) is 0 Å². The summed E-state index contributed by atoms with van der Waals surface area (Å²) in [7, 11) is 4.73. The Morgan fingerprint density at radius 3 is 2.64 bits per heavy atom. The van der Waals surface area contributed by atoms with Gasteiger partial charge in [-0.3, -0.25) is 0 Å². The molecule has 0 aromatic rings. The van der Waals surface area contributed by atoms with Crippen molar-refractivity contribution in [1.82, 2.24) is 0 Å². The predicted molar refractivity (Wildman–Crippen MR) is 49.2 cm³/mol. The van der Waals surface area contributed by atoms with Crippen molar-refractivity contribution in [3.8, 4) is 0 Å². The van der Waals surface area contributed by atoms with Crippen LogP contribution in [0.1, 0.15) is 0 Å². The number of hydrogen-bond donors (Lipinski definition) is 1. The van der Waals surface area contributed by atoms with Gasteiger partial charge in [0.2, 0.25) is 0 Å². The summed E-state index contributed by atoms with van der Waals surface area (Å²) in [5.41, 5.74) is 0. The van der Waals surface area contributed by atoms with Crippen LogP contribution in [0.2, 0.25) is 0 Å². The smallest absolute Gasteiger partial charge is 0.115 e. The molecule has 0 saturated carbocycles. The first-order valence-corrected chi connectivity index (χ1v) is 4.58. The van der Waals surface area contributed by atoms with Gasteiger partial charge in [0, 0.05) is 21.3 Å². The summed E-state index contributed by atoms with van der Waals surface area (Å²) < 4.78 is 20.8. The third kappa shape index (κ3) is 2.43. The van der Waals surface area contributed by atoms with Crippen molar-refractivity contribution in [2.45, 2.75) is 24.4 Å². The van der Waals surface area contributed by atoms with Crippen molar-refractivity contribution in [3.63, 3.8) is 0 Å². The molecule has 1 aliphatic rings. The van der Waals surface area contributed by atoms with Gasteiger partial charge >= 0.3 is 0 Å². The first-order chi connectivity index (χ1) is 6.74. The van der Waals surface area contributed by atoms with E-state index in [0.717, 1.165) is 0 Å². The number of rotatable bonds is 5. The lowest BCUT2D eigenvalue weighted by Gasteiger charge is -2.25. The molecule has 0 radical (unpaired) electrons. The van der Waals surface area contributed by atoms with Gasteiger partial charge in [-0.1, -0.05) is 0 Å². The first kappa shape index (κ1) is 11.9. The highest BCUT2D eigenvalue weighted by Crippen LogP contribution is 2.21. The topological polar surface area (TPSA) is 57.2 Å². The van der Waals surface area contributed by atoms with Crippen molar-refractivity contribution in [2.75, 3.05) is 34.5 Å². The average molecular weight is 206 g/mol. The van der Waals surface area contributed by atoms with Crippen molar-refractivity contribution < 1.29 is 24.1 Å². The normalized spacial score (nSPS) is 34.7. The zero-order valence-corrected chi connectivity index (χ0v) is 8.80. The monoisotopic (exact) mass is 206 g/mol. The van der Waals surface area contributed by atoms with Crippen LogP contribution in [0.5, 0.6) is 0 Å². The standard InChI is InChI=1S/C9H18O5/c1-11-5-7(12-2)9-8(13-3)6(10)4-14-9/h6-10H,4-5H2,1-3H3. The van der Waals surface area contributed by atoms with E-state index in [1.807, 2.05) is 0 Å². The third-order valence-corrected chi connectivity index (χ3v) is 2.43. The van der Waals surface area contributed by atoms with Gasteiger partial charge in [-0.05, 0) is 0 Å². The molecule has 0 amide bonds. The van der Waals surface area contributed by atoms with Crippen LogP contribution in [0.15, 0.2) is 0 Å². The molecule has 1 saturated heterocycles. The van der Waals surface area contributed by atoms with Crippen LogP contribution < -0.4 is 0 Å². The molecule has 5 nitrogen and oxygen atoms in total. The predicted octanol–water partition coefficient (Wildman–Crippen LogP) is -0.577. The largest absolute Gasteiger partial charge is 0.388 e. The minimum Gasteiger partial charge on any atom is -0.388 e. The summed E-state index contributed by atoms with van der Waals surface area (Å²) in [6, 6.07) is 0. The second kappa shape index (κ2) is 5.63. The number of aliphatic hydroxyl groups is 1. The van der Waals surface area contributed by atoms with Crippen LogP contribution in [0.4, 0.5) is 0 Å². The fourth-order valence-electron chi connectivity index (χ4n) is 1.69. The Bertz CT molecular complexity index is 163. The zero-order valence-electron chi connectivity index (χ0n) is 8.80. The molecule has 1 heterocycles. The minimum absolute atomic E-state index is 0.206. The highest BCUT2D eigenvalue weighted by Gasteiger charge is 2.41. The van der Waals surface area contributed by atoms with E-state index in [9.17, 15) is 5.11 Å². The van der Waals surface area contributed by atoms with Crippen LogP contribution in [0.25, 0.3) is 0 Å². The van der Waals surface area contributed by atoms with Gasteiger partial charge in [0.05, 0.1) is 13.2 Å². The summed E-state index contributed by atoms with van der Waals surface area (Å²) in [6.07, 6.45) is -1.39. The summed E-state index contributed by atoms with van der Waals surface area (Å²) in [4.78, 5) is 0. The highest BCUT2D eigenvalue weighted by molar-refractivity contribution is 4.89. The van der Waals surface area contributed by atoms with Gasteiger partial charge in [-0.2, -0.15) is 0 Å². The number of ether oxygens (including phenoxy) is 4. The maximum atomic E-state index is 9.53. The number of methoxy groups -OCH3 is 3. The van der Waals surface area contributed by atoms with Crippen molar-refractivity contribution in [1.29, 1.82) is 0 Å². The van der Waals surface area contributed by atoms with Gasteiger partial charge in [-0.25, -0.2) is 0 Å². The van der Waals surface area contributed by atoms with Crippen LogP contribution in [-0.2, 0) is 18.9 Å². The molecule has 1 rings (SSSR count). The zero-order chi connectivity index (χ0) is 10.6. The fourth-order valence-corrected chi connectivity index (χ4v) is 1.69. The molecule has 84 valence electrons. The molecule has 1 N–H and O–H groups in total. The van der Waals surface area contributed by atoms with E-state index < -0.39 is 6.10 Å². The SMILES string of the molecule is COCC(OC)C1OCC(O)C1OC. The first-order valence-electron chi connectivity index (χ1n) is 4.58. The molecular weight excluding hydrogens is 188 g/mol. The molecule has 0 aromatic heterocycles. The lowest BCUT2D eigenvalue weighted by Crippen LogP contribution is -2.43. The Balaban J connectivity index is 2.56. The van der Waals surface area contributed by atoms with E-state index in [4.69, 9.17) is 18.9 Å². The van der Waals surface area contributed by atoms with E-state index in [-0.39, 0.29) is 24.9 Å². The molecule has 0 aliphatic carbocycles. The summed E-state index contributed by atoms with van der Waals surface area (Å²) in [6.45, 7) is 0.709. The second-order valence-electron chi connectivity index (χ2n) is 3.30. The number of aliphatic hydroxyl groups excluding tert-OH is 1. The average Bonchev–Trinajstić information content (AvgIpc) is 2.56. The quantitative estimate of drug-likeness (QED) is 0.652. The molecule has 0 bridgehead atoms. The number of hydrogen-bond acceptors (Lipinski definition) is 5. The Labute approximate surface area is 83.9 Å². The van der Waals surface area contributed by atoms with Gasteiger partial charge in [-0.15, -0.1) is 0 Å². The minimum atomic E-state index is -0.584. The Kier molecular flexibility index (Phi) is 4.77. The summed E-state index contributed by atoms with van der Waals surface area (Å²) in [5, 5.41) is 9.53. The maximum absolute atomic E-state index is 9.53. The van der Waals surface area contributed by atoms with Crippen molar-refractivity contribution in [3.05, 3.63) is 0 Å². The summed E-state index contributed by atoms with van der Waals surface area (Å²) >= 11 is 0. The molecule has 5 heteroatoms. The van der Waals surface area contributed by atoms with Crippen LogP contribution in [-0.4, -0.2) is 64.1 Å². The van der Waals surface area contributed by atoms with E-state index >= 15 is 0 Å². The van der Waals surface area contributed by atoms with Gasteiger partial charge in [0.25, 0.3) is 0 Å². The third-order valence-electron chi connectivity index (χ3n) is 2.43. The van der Waals surface area contributed by atoms with Crippen LogP contribution >= 0.6 is 0 Å². The molecule has 4 unspecified atom stereocenters. The second-order valence-corrected chi connectivity index (χ2v) is 3.30. The van der Waals surface area contributed by atoms with E-state index in [1.54, 1.807) is 21.3 Å². The van der Waals surface area contributed by atoms with Crippen molar-refractivity contribution >= 4 is 0 Å².